The van der Waals surface area contributed by atoms with Crippen LogP contribution >= 0.6 is 11.8 Å². The Morgan fingerprint density at radius 2 is 2.00 bits per heavy atom. The van der Waals surface area contributed by atoms with Crippen molar-refractivity contribution < 1.29 is 4.79 Å². The Hall–Kier alpha value is -3.00. The van der Waals surface area contributed by atoms with Crippen molar-refractivity contribution in [2.45, 2.75) is 51.7 Å². The van der Waals surface area contributed by atoms with E-state index < -0.39 is 0 Å². The molecule has 0 aliphatic heterocycles. The fourth-order valence-electron chi connectivity index (χ4n) is 5.40. The Balaban J connectivity index is 1.30. The Bertz CT molecular complexity index is 1210. The zero-order chi connectivity index (χ0) is 23.8. The number of amides is 1. The van der Waals surface area contributed by atoms with Crippen molar-refractivity contribution >= 4 is 23.4 Å². The number of carbonyl (C=O) groups is 1. The number of aromatic nitrogens is 4. The molecule has 7 nitrogen and oxygen atoms in total. The summed E-state index contributed by atoms with van der Waals surface area (Å²) in [4.78, 5) is 16.9. The molecule has 0 saturated heterocycles. The maximum atomic E-state index is 12.7. The number of nitrogens with zero attached hydrogens (tertiary/aromatic N) is 5. The molecule has 2 aliphatic rings. The van der Waals surface area contributed by atoms with Gasteiger partial charge >= 0.3 is 0 Å². The van der Waals surface area contributed by atoms with Crippen LogP contribution in [0.1, 0.15) is 45.6 Å². The highest BCUT2D eigenvalue weighted by Crippen LogP contribution is 2.63. The summed E-state index contributed by atoms with van der Waals surface area (Å²) in [6.07, 6.45) is 6.90. The van der Waals surface area contributed by atoms with Crippen molar-refractivity contribution in [3.8, 4) is 11.4 Å². The number of thioether (sulfide) groups is 1. The number of hydrogen-bond acceptors (Lipinski definition) is 6. The smallest absolute Gasteiger partial charge is 0.250 e. The molecular formula is C26H30N6OS. The van der Waals surface area contributed by atoms with E-state index in [4.69, 9.17) is 0 Å². The van der Waals surface area contributed by atoms with Crippen LogP contribution in [0.2, 0.25) is 0 Å². The Morgan fingerprint density at radius 3 is 2.68 bits per heavy atom. The van der Waals surface area contributed by atoms with E-state index in [1.165, 1.54) is 18.2 Å². The molecule has 2 unspecified atom stereocenters. The van der Waals surface area contributed by atoms with Gasteiger partial charge in [0, 0.05) is 29.1 Å². The summed E-state index contributed by atoms with van der Waals surface area (Å²) < 4.78 is 2.04. The molecule has 0 spiro atoms. The quantitative estimate of drug-likeness (QED) is 0.393. The number of pyridine rings is 1. The summed E-state index contributed by atoms with van der Waals surface area (Å²) >= 11 is 1.37. The first kappa shape index (κ1) is 22.8. The van der Waals surface area contributed by atoms with Crippen molar-refractivity contribution in [3.05, 3.63) is 60.4 Å². The van der Waals surface area contributed by atoms with Gasteiger partial charge < -0.3 is 0 Å². The monoisotopic (exact) mass is 474 g/mol. The summed E-state index contributed by atoms with van der Waals surface area (Å²) in [7, 11) is 0. The Morgan fingerprint density at radius 1 is 1.18 bits per heavy atom. The van der Waals surface area contributed by atoms with Gasteiger partial charge in [0.15, 0.2) is 11.0 Å². The molecule has 2 heterocycles. The van der Waals surface area contributed by atoms with Crippen LogP contribution in [0.5, 0.6) is 0 Å². The zero-order valence-electron chi connectivity index (χ0n) is 19.9. The van der Waals surface area contributed by atoms with Gasteiger partial charge in [0.1, 0.15) is 0 Å². The van der Waals surface area contributed by atoms with Gasteiger partial charge in [-0.25, -0.2) is 5.43 Å². The predicted octanol–water partition coefficient (Wildman–Crippen LogP) is 4.80. The largest absolute Gasteiger partial charge is 0.297 e. The van der Waals surface area contributed by atoms with Gasteiger partial charge in [0.2, 0.25) is 0 Å². The minimum Gasteiger partial charge on any atom is -0.297 e. The number of fused-ring (bicyclic) bond motifs is 2. The van der Waals surface area contributed by atoms with Gasteiger partial charge in [-0.1, -0.05) is 62.9 Å². The maximum Gasteiger partial charge on any atom is 0.250 e. The van der Waals surface area contributed by atoms with Crippen LogP contribution in [-0.4, -0.2) is 37.1 Å². The molecule has 1 amide bonds. The molecule has 34 heavy (non-hydrogen) atoms. The first-order valence-corrected chi connectivity index (χ1v) is 12.7. The Labute approximate surface area is 204 Å². The van der Waals surface area contributed by atoms with E-state index >= 15 is 0 Å². The first-order valence-electron chi connectivity index (χ1n) is 11.7. The van der Waals surface area contributed by atoms with Crippen LogP contribution < -0.4 is 5.43 Å². The highest BCUT2D eigenvalue weighted by Gasteiger charge is 2.60. The third-order valence-electron chi connectivity index (χ3n) is 7.98. The van der Waals surface area contributed by atoms with Gasteiger partial charge in [-0.15, -0.1) is 10.2 Å². The maximum absolute atomic E-state index is 12.7. The number of hydrazone groups is 1. The first-order chi connectivity index (χ1) is 16.4. The molecule has 1 aromatic carbocycles. The third kappa shape index (κ3) is 4.04. The van der Waals surface area contributed by atoms with Crippen LogP contribution in [0.4, 0.5) is 0 Å². The van der Waals surface area contributed by atoms with E-state index in [1.54, 1.807) is 12.4 Å². The zero-order valence-corrected chi connectivity index (χ0v) is 20.7. The normalized spacial score (nSPS) is 24.0. The van der Waals surface area contributed by atoms with Crippen molar-refractivity contribution in [1.29, 1.82) is 0 Å². The number of carbonyl (C=O) groups excluding carboxylic acids is 1. The lowest BCUT2D eigenvalue weighted by Gasteiger charge is -2.34. The van der Waals surface area contributed by atoms with Crippen molar-refractivity contribution in [2.75, 3.05) is 5.75 Å². The second kappa shape index (κ2) is 8.98. The Kier molecular flexibility index (Phi) is 6.02. The van der Waals surface area contributed by atoms with E-state index in [0.29, 0.717) is 17.6 Å². The molecule has 2 aromatic heterocycles. The summed E-state index contributed by atoms with van der Waals surface area (Å²) in [5.74, 6) is 1.49. The summed E-state index contributed by atoms with van der Waals surface area (Å²) in [6, 6.07) is 14.0. The van der Waals surface area contributed by atoms with Crippen LogP contribution in [0, 0.1) is 16.7 Å². The molecule has 8 heteroatoms. The van der Waals surface area contributed by atoms with Crippen LogP contribution in [0.15, 0.2) is 65.1 Å². The van der Waals surface area contributed by atoms with Crippen molar-refractivity contribution in [2.24, 2.45) is 21.8 Å². The number of benzene rings is 1. The van der Waals surface area contributed by atoms with Gasteiger partial charge in [-0.3, -0.25) is 14.3 Å². The standard InChI is InChI=1S/C26H30N6OS/c1-25(2)20-11-12-26(25,3)21(14-20)28-29-22(33)17-34-24-31-30-23(19-10-7-13-27-15-19)32(24)16-18-8-5-4-6-9-18/h4-10,13,15,20H,11-12,14,16-17H2,1-3H3,(H,29,33)/b28-21-. The van der Waals surface area contributed by atoms with E-state index in [1.807, 2.05) is 34.9 Å². The van der Waals surface area contributed by atoms with E-state index in [0.717, 1.165) is 35.5 Å². The van der Waals surface area contributed by atoms with E-state index in [-0.39, 0.29) is 22.5 Å². The second-order valence-corrected chi connectivity index (χ2v) is 10.9. The molecule has 2 bridgehead atoms. The fourth-order valence-corrected chi connectivity index (χ4v) is 6.13. The second-order valence-electron chi connectivity index (χ2n) is 10.00. The lowest BCUT2D eigenvalue weighted by molar-refractivity contribution is -0.118. The number of hydrogen-bond donors (Lipinski definition) is 1. The lowest BCUT2D eigenvalue weighted by Crippen LogP contribution is -2.34. The molecule has 3 aromatic rings. The predicted molar refractivity (Wildman–Crippen MR) is 134 cm³/mol. The van der Waals surface area contributed by atoms with Crippen LogP contribution in [0.25, 0.3) is 11.4 Å². The highest BCUT2D eigenvalue weighted by molar-refractivity contribution is 7.99. The minimum absolute atomic E-state index is 0.0760. The highest BCUT2D eigenvalue weighted by atomic mass is 32.2. The van der Waals surface area contributed by atoms with Gasteiger partial charge in [-0.2, -0.15) is 5.10 Å². The summed E-state index contributed by atoms with van der Waals surface area (Å²) in [5, 5.41) is 14.1. The van der Waals surface area contributed by atoms with E-state index in [9.17, 15) is 4.79 Å². The molecule has 0 radical (unpaired) electrons. The van der Waals surface area contributed by atoms with Crippen LogP contribution in [-0.2, 0) is 11.3 Å². The van der Waals surface area contributed by atoms with Gasteiger partial charge in [0.25, 0.3) is 5.91 Å². The number of nitrogens with one attached hydrogen (secondary N) is 1. The molecular weight excluding hydrogens is 444 g/mol. The van der Waals surface area contributed by atoms with Gasteiger partial charge in [-0.05, 0) is 48.3 Å². The molecule has 2 atom stereocenters. The lowest BCUT2D eigenvalue weighted by atomic mass is 9.70. The van der Waals surface area contributed by atoms with Gasteiger partial charge in [0.05, 0.1) is 12.3 Å². The van der Waals surface area contributed by atoms with Crippen LogP contribution in [0.3, 0.4) is 0 Å². The molecule has 2 aliphatic carbocycles. The van der Waals surface area contributed by atoms with E-state index in [2.05, 4.69) is 58.6 Å². The summed E-state index contributed by atoms with van der Waals surface area (Å²) in [5.41, 5.74) is 6.29. The molecule has 5 rings (SSSR count). The number of rotatable bonds is 7. The molecule has 1 N–H and O–H groups in total. The molecule has 2 fully saturated rings. The molecule has 176 valence electrons. The molecule has 2 saturated carbocycles. The minimum atomic E-state index is -0.126. The average molecular weight is 475 g/mol. The van der Waals surface area contributed by atoms with Crippen molar-refractivity contribution in [1.82, 2.24) is 25.2 Å². The topological polar surface area (TPSA) is 85.1 Å². The third-order valence-corrected chi connectivity index (χ3v) is 8.95. The van der Waals surface area contributed by atoms with Crippen molar-refractivity contribution in [3.63, 3.8) is 0 Å². The summed E-state index contributed by atoms with van der Waals surface area (Å²) in [6.45, 7) is 7.58. The SMILES string of the molecule is CC12CCC(C/C1=N/NC(=O)CSc1nnc(-c3cccnc3)n1Cc1ccccc1)C2(C)C. The average Bonchev–Trinajstić information content (AvgIpc) is 3.41. The fraction of sp³-hybridized carbons (Fsp3) is 0.423.